The SMILES string of the molecule is CCCCCc1cnc(-c2ccc([C@H]3CC[C@H](CCCCCCCCC/C=C/C(=O)O)CC3)cc2)nc1. The van der Waals surface area contributed by atoms with Crippen LogP contribution in [-0.4, -0.2) is 21.0 Å². The number of unbranched alkanes of at least 4 members (excludes halogenated alkanes) is 9. The fraction of sp³-hybridized carbons (Fsp3) is 0.606. The maximum Gasteiger partial charge on any atom is 0.327 e. The highest BCUT2D eigenvalue weighted by Crippen LogP contribution is 2.38. The first-order chi connectivity index (χ1) is 18.2. The highest BCUT2D eigenvalue weighted by atomic mass is 16.4. The summed E-state index contributed by atoms with van der Waals surface area (Å²) in [5, 5.41) is 8.58. The summed E-state index contributed by atoms with van der Waals surface area (Å²) in [4.78, 5) is 19.7. The third-order valence-electron chi connectivity index (χ3n) is 8.00. The van der Waals surface area contributed by atoms with Crippen LogP contribution in [0, 0.1) is 5.92 Å². The van der Waals surface area contributed by atoms with Gasteiger partial charge in [-0.1, -0.05) is 95.1 Å². The van der Waals surface area contributed by atoms with Gasteiger partial charge in [-0.05, 0) is 74.3 Å². The van der Waals surface area contributed by atoms with Crippen molar-refractivity contribution in [3.8, 4) is 11.4 Å². The number of carboxylic acid groups (broad SMARTS) is 1. The minimum absolute atomic E-state index is 0.706. The summed E-state index contributed by atoms with van der Waals surface area (Å²) in [6.07, 6.45) is 28.5. The zero-order valence-corrected chi connectivity index (χ0v) is 23.0. The zero-order valence-electron chi connectivity index (χ0n) is 23.0. The Morgan fingerprint density at radius 3 is 2.16 bits per heavy atom. The Hall–Kier alpha value is -2.49. The lowest BCUT2D eigenvalue weighted by atomic mass is 9.77. The third-order valence-corrected chi connectivity index (χ3v) is 8.00. The van der Waals surface area contributed by atoms with Crippen molar-refractivity contribution in [3.05, 3.63) is 59.9 Å². The summed E-state index contributed by atoms with van der Waals surface area (Å²) in [7, 11) is 0. The van der Waals surface area contributed by atoms with Crippen molar-refractivity contribution in [3.63, 3.8) is 0 Å². The van der Waals surface area contributed by atoms with Crippen LogP contribution in [0.5, 0.6) is 0 Å². The number of hydrogen-bond acceptors (Lipinski definition) is 3. The third kappa shape index (κ3) is 11.2. The van der Waals surface area contributed by atoms with Crippen molar-refractivity contribution in [2.24, 2.45) is 5.92 Å². The molecule has 1 N–H and O–H groups in total. The minimum Gasteiger partial charge on any atom is -0.478 e. The molecular formula is C33H48N2O2. The van der Waals surface area contributed by atoms with E-state index in [1.807, 2.05) is 12.4 Å². The molecule has 1 aromatic heterocycles. The number of aliphatic carboxylic acids is 1. The van der Waals surface area contributed by atoms with Crippen LogP contribution < -0.4 is 0 Å². The molecule has 2 aromatic rings. The molecule has 202 valence electrons. The molecular weight excluding hydrogens is 456 g/mol. The quantitative estimate of drug-likeness (QED) is 0.172. The van der Waals surface area contributed by atoms with Gasteiger partial charge in [0.15, 0.2) is 5.82 Å². The Kier molecular flexibility index (Phi) is 13.4. The highest BCUT2D eigenvalue weighted by molar-refractivity contribution is 5.79. The fourth-order valence-corrected chi connectivity index (χ4v) is 5.66. The Bertz CT molecular complexity index is 912. The van der Waals surface area contributed by atoms with E-state index < -0.39 is 5.97 Å². The zero-order chi connectivity index (χ0) is 26.1. The molecule has 0 bridgehead atoms. The summed E-state index contributed by atoms with van der Waals surface area (Å²) in [6.45, 7) is 2.23. The van der Waals surface area contributed by atoms with Crippen molar-refractivity contribution >= 4 is 5.97 Å². The van der Waals surface area contributed by atoms with Crippen molar-refractivity contribution in [2.75, 3.05) is 0 Å². The number of carbonyl (C=O) groups is 1. The van der Waals surface area contributed by atoms with Gasteiger partial charge in [-0.15, -0.1) is 0 Å². The molecule has 0 unspecified atom stereocenters. The topological polar surface area (TPSA) is 63.1 Å². The molecule has 0 radical (unpaired) electrons. The number of carboxylic acids is 1. The fourth-order valence-electron chi connectivity index (χ4n) is 5.66. The molecule has 1 saturated carbocycles. The first kappa shape index (κ1) is 29.1. The molecule has 1 aliphatic carbocycles. The Morgan fingerprint density at radius 2 is 1.51 bits per heavy atom. The van der Waals surface area contributed by atoms with Crippen molar-refractivity contribution in [2.45, 2.75) is 122 Å². The lowest BCUT2D eigenvalue weighted by Gasteiger charge is -2.29. The molecule has 3 rings (SSSR count). The maximum absolute atomic E-state index is 10.4. The Morgan fingerprint density at radius 1 is 0.865 bits per heavy atom. The second-order valence-electron chi connectivity index (χ2n) is 11.0. The first-order valence-corrected chi connectivity index (χ1v) is 15.0. The molecule has 0 spiro atoms. The van der Waals surface area contributed by atoms with Crippen molar-refractivity contribution in [1.29, 1.82) is 0 Å². The summed E-state index contributed by atoms with van der Waals surface area (Å²) in [5.74, 6) is 1.62. The molecule has 1 aromatic carbocycles. The van der Waals surface area contributed by atoms with Gasteiger partial charge < -0.3 is 5.11 Å². The van der Waals surface area contributed by atoms with Crippen LogP contribution in [0.2, 0.25) is 0 Å². The van der Waals surface area contributed by atoms with Crippen LogP contribution in [0.1, 0.15) is 127 Å². The van der Waals surface area contributed by atoms with E-state index in [1.165, 1.54) is 107 Å². The Labute approximate surface area is 225 Å². The van der Waals surface area contributed by atoms with Gasteiger partial charge in [-0.25, -0.2) is 14.8 Å². The number of rotatable bonds is 17. The second-order valence-corrected chi connectivity index (χ2v) is 11.0. The molecule has 37 heavy (non-hydrogen) atoms. The molecule has 0 aliphatic heterocycles. The Balaban J connectivity index is 1.27. The van der Waals surface area contributed by atoms with E-state index in [-0.39, 0.29) is 0 Å². The van der Waals surface area contributed by atoms with E-state index in [2.05, 4.69) is 41.2 Å². The van der Waals surface area contributed by atoms with Crippen molar-refractivity contribution in [1.82, 2.24) is 9.97 Å². The molecule has 1 heterocycles. The van der Waals surface area contributed by atoms with E-state index >= 15 is 0 Å². The summed E-state index contributed by atoms with van der Waals surface area (Å²) in [6, 6.07) is 9.03. The smallest absolute Gasteiger partial charge is 0.327 e. The molecule has 0 amide bonds. The summed E-state index contributed by atoms with van der Waals surface area (Å²) in [5.41, 5.74) is 3.84. The predicted octanol–water partition coefficient (Wildman–Crippen LogP) is 9.30. The van der Waals surface area contributed by atoms with Crippen LogP contribution >= 0.6 is 0 Å². The van der Waals surface area contributed by atoms with E-state index in [0.29, 0.717) is 5.92 Å². The summed E-state index contributed by atoms with van der Waals surface area (Å²) < 4.78 is 0. The van der Waals surface area contributed by atoms with E-state index in [0.717, 1.165) is 36.6 Å². The van der Waals surface area contributed by atoms with Gasteiger partial charge in [-0.2, -0.15) is 0 Å². The van der Waals surface area contributed by atoms with Crippen LogP contribution in [0.4, 0.5) is 0 Å². The number of aromatic nitrogens is 2. The van der Waals surface area contributed by atoms with Crippen LogP contribution in [-0.2, 0) is 11.2 Å². The number of nitrogens with zero attached hydrogens (tertiary/aromatic N) is 2. The van der Waals surface area contributed by atoms with Crippen LogP contribution in [0.25, 0.3) is 11.4 Å². The lowest BCUT2D eigenvalue weighted by Crippen LogP contribution is -2.13. The standard InChI is InChI=1S/C33H48N2O2/c1-2-3-11-15-28-25-34-33(35-26-28)31-23-21-30(22-24-31)29-19-17-27(18-20-29)14-12-9-7-5-4-6-8-10-13-16-32(36)37/h13,16,21-27,29H,2-12,14-15,17-20H2,1H3,(H,36,37)/b16-13+/t27-,29-. The van der Waals surface area contributed by atoms with Crippen molar-refractivity contribution < 1.29 is 9.90 Å². The molecule has 4 heteroatoms. The molecule has 1 aliphatic rings. The largest absolute Gasteiger partial charge is 0.478 e. The van der Waals surface area contributed by atoms with E-state index in [9.17, 15) is 4.79 Å². The first-order valence-electron chi connectivity index (χ1n) is 15.0. The molecule has 1 fully saturated rings. The average Bonchev–Trinajstić information content (AvgIpc) is 2.92. The monoisotopic (exact) mass is 504 g/mol. The molecule has 0 atom stereocenters. The van der Waals surface area contributed by atoms with Gasteiger partial charge >= 0.3 is 5.97 Å². The van der Waals surface area contributed by atoms with Crippen LogP contribution in [0.3, 0.4) is 0 Å². The number of aryl methyl sites for hydroxylation is 1. The van der Waals surface area contributed by atoms with E-state index in [4.69, 9.17) is 5.11 Å². The molecule has 0 saturated heterocycles. The average molecular weight is 505 g/mol. The van der Waals surface area contributed by atoms with E-state index in [1.54, 1.807) is 6.08 Å². The normalized spacial score (nSPS) is 17.9. The van der Waals surface area contributed by atoms with Gasteiger partial charge in [0.25, 0.3) is 0 Å². The molecule has 4 nitrogen and oxygen atoms in total. The van der Waals surface area contributed by atoms with Gasteiger partial charge in [-0.3, -0.25) is 0 Å². The van der Waals surface area contributed by atoms with Crippen LogP contribution in [0.15, 0.2) is 48.8 Å². The lowest BCUT2D eigenvalue weighted by molar-refractivity contribution is -0.131. The summed E-state index contributed by atoms with van der Waals surface area (Å²) >= 11 is 0. The van der Waals surface area contributed by atoms with Gasteiger partial charge in [0.1, 0.15) is 0 Å². The maximum atomic E-state index is 10.4. The number of benzene rings is 1. The number of hydrogen-bond donors (Lipinski definition) is 1. The highest BCUT2D eigenvalue weighted by Gasteiger charge is 2.22. The predicted molar refractivity (Wildman–Crippen MR) is 154 cm³/mol. The number of allylic oxidation sites excluding steroid dienone is 1. The van der Waals surface area contributed by atoms with Gasteiger partial charge in [0, 0.05) is 24.0 Å². The van der Waals surface area contributed by atoms with Gasteiger partial charge in [0.2, 0.25) is 0 Å². The van der Waals surface area contributed by atoms with Gasteiger partial charge in [0.05, 0.1) is 0 Å². The minimum atomic E-state index is -0.840. The second kappa shape index (κ2) is 17.1.